The average Bonchev–Trinajstić information content (AvgIpc) is 3.50. The molecule has 0 spiro atoms. The maximum absolute atomic E-state index is 12.9. The number of aromatic nitrogens is 1. The van der Waals surface area contributed by atoms with Gasteiger partial charge in [0.05, 0.1) is 12.3 Å². The Kier molecular flexibility index (Phi) is 10.9. The fourth-order valence-corrected chi connectivity index (χ4v) is 5.51. The minimum absolute atomic E-state index is 0.110. The molecule has 2 aliphatic rings. The molecule has 2 aliphatic heterocycles. The van der Waals surface area contributed by atoms with Gasteiger partial charge in [-0.25, -0.2) is 13.8 Å². The molecule has 0 N–H and O–H groups in total. The summed E-state index contributed by atoms with van der Waals surface area (Å²) in [6.45, 7) is 9.82. The summed E-state index contributed by atoms with van der Waals surface area (Å²) in [6, 6.07) is 24.5. The molecule has 0 radical (unpaired) electrons. The lowest BCUT2D eigenvalue weighted by atomic mass is 10.0. The number of pyridine rings is 1. The van der Waals surface area contributed by atoms with E-state index >= 15 is 0 Å². The van der Waals surface area contributed by atoms with Gasteiger partial charge < -0.3 is 9.21 Å². The van der Waals surface area contributed by atoms with E-state index in [4.69, 9.17) is 0 Å². The normalized spacial score (nSPS) is 15.5. The highest BCUT2D eigenvalue weighted by Crippen LogP contribution is 2.26. The molecule has 3 aromatic rings. The smallest absolute Gasteiger partial charge is 0.278 e. The number of alkyl halides is 2. The van der Waals surface area contributed by atoms with Crippen molar-refractivity contribution in [3.05, 3.63) is 90.1 Å². The lowest BCUT2D eigenvalue weighted by Crippen LogP contribution is -2.47. The number of hydrogen-bond acceptors (Lipinski definition) is 7. The van der Waals surface area contributed by atoms with Gasteiger partial charge in [0.1, 0.15) is 11.5 Å². The first-order valence-corrected chi connectivity index (χ1v) is 14.4. The van der Waals surface area contributed by atoms with Crippen molar-refractivity contribution in [3.8, 4) is 0 Å². The molecule has 2 aromatic carbocycles. The highest BCUT2D eigenvalue weighted by molar-refractivity contribution is 8.00. The molecule has 0 amide bonds. The number of anilines is 2. The maximum atomic E-state index is 12.9. The van der Waals surface area contributed by atoms with Crippen LogP contribution in [0, 0.1) is 0 Å². The average molecular weight is 551 g/mol. The number of para-hydroxylation sites is 1. The standard InChI is InChI=1S/C28H30F2N6S.C2H6/c29-28(30)26-20-25(32-33-26)23-11-9-22(10-12-23)21-36(24-6-2-1-3-7-24)37-19-18-34-14-16-35(17-15-34)27-8-4-5-13-31-27;1-2/h1-13,28H,14-21H2;1-2H3. The van der Waals surface area contributed by atoms with Crippen LogP contribution < -0.4 is 9.21 Å². The highest BCUT2D eigenvalue weighted by atomic mass is 32.2. The van der Waals surface area contributed by atoms with Crippen molar-refractivity contribution in [2.45, 2.75) is 33.2 Å². The van der Waals surface area contributed by atoms with Crippen LogP contribution in [0.5, 0.6) is 0 Å². The fraction of sp³-hybridized carbons (Fsp3) is 0.367. The Morgan fingerprint density at radius 1 is 0.872 bits per heavy atom. The van der Waals surface area contributed by atoms with E-state index in [0.29, 0.717) is 5.71 Å². The van der Waals surface area contributed by atoms with Crippen molar-refractivity contribution in [3.63, 3.8) is 0 Å². The zero-order chi connectivity index (χ0) is 27.5. The number of piperazine rings is 1. The topological polar surface area (TPSA) is 47.3 Å². The Balaban J connectivity index is 0.00000172. The van der Waals surface area contributed by atoms with Crippen molar-refractivity contribution in [1.29, 1.82) is 0 Å². The minimum atomic E-state index is -2.55. The summed E-state index contributed by atoms with van der Waals surface area (Å²) in [5.74, 6) is 2.04. The molecule has 0 unspecified atom stereocenters. The summed E-state index contributed by atoms with van der Waals surface area (Å²) in [5.41, 5.74) is 3.58. The van der Waals surface area contributed by atoms with Gasteiger partial charge in [-0.05, 0) is 47.3 Å². The molecule has 1 fully saturated rings. The lowest BCUT2D eigenvalue weighted by molar-refractivity contribution is 0.224. The molecule has 0 bridgehead atoms. The molecule has 39 heavy (non-hydrogen) atoms. The van der Waals surface area contributed by atoms with Gasteiger partial charge in [0.15, 0.2) is 0 Å². The number of benzene rings is 2. The van der Waals surface area contributed by atoms with Gasteiger partial charge in [0.25, 0.3) is 6.43 Å². The highest BCUT2D eigenvalue weighted by Gasteiger charge is 2.22. The molecule has 9 heteroatoms. The van der Waals surface area contributed by atoms with Crippen LogP contribution in [0.4, 0.5) is 20.3 Å². The van der Waals surface area contributed by atoms with Crippen LogP contribution in [0.25, 0.3) is 0 Å². The van der Waals surface area contributed by atoms with E-state index in [9.17, 15) is 8.78 Å². The van der Waals surface area contributed by atoms with E-state index in [1.165, 1.54) is 0 Å². The van der Waals surface area contributed by atoms with Crippen LogP contribution in [0.3, 0.4) is 0 Å². The van der Waals surface area contributed by atoms with Crippen LogP contribution in [0.15, 0.2) is 89.2 Å². The Bertz CT molecular complexity index is 1200. The molecule has 1 saturated heterocycles. The second-order valence-electron chi connectivity index (χ2n) is 9.03. The zero-order valence-corrected chi connectivity index (χ0v) is 23.4. The van der Waals surface area contributed by atoms with Gasteiger partial charge in [-0.2, -0.15) is 10.2 Å². The molecule has 5 rings (SSSR count). The van der Waals surface area contributed by atoms with Crippen LogP contribution >= 0.6 is 11.9 Å². The molecule has 3 heterocycles. The first-order valence-electron chi connectivity index (χ1n) is 13.5. The zero-order valence-electron chi connectivity index (χ0n) is 22.6. The van der Waals surface area contributed by atoms with E-state index in [1.807, 2.05) is 74.5 Å². The first-order chi connectivity index (χ1) is 19.2. The van der Waals surface area contributed by atoms with Gasteiger partial charge in [-0.15, -0.1) is 0 Å². The van der Waals surface area contributed by atoms with Gasteiger partial charge in [-0.3, -0.25) is 4.90 Å². The summed E-state index contributed by atoms with van der Waals surface area (Å²) in [5, 5.41) is 7.58. The van der Waals surface area contributed by atoms with Crippen molar-refractivity contribution < 1.29 is 8.78 Å². The fourth-order valence-electron chi connectivity index (χ4n) is 4.44. The maximum Gasteiger partial charge on any atom is 0.278 e. The number of nitrogens with zero attached hydrogens (tertiary/aromatic N) is 6. The number of hydrogen-bond donors (Lipinski definition) is 0. The third kappa shape index (κ3) is 8.10. The SMILES string of the molecule is CC.FC(F)C1=NN=C(c2ccc(CN(SCCN3CCN(c4ccccn4)CC3)c3ccccc3)cc2)C1. The van der Waals surface area contributed by atoms with E-state index in [1.54, 1.807) is 0 Å². The second kappa shape index (κ2) is 14.7. The second-order valence-corrected chi connectivity index (χ2v) is 10.1. The van der Waals surface area contributed by atoms with E-state index < -0.39 is 6.43 Å². The minimum Gasteiger partial charge on any atom is -0.354 e. The van der Waals surface area contributed by atoms with E-state index in [0.717, 1.165) is 67.7 Å². The largest absolute Gasteiger partial charge is 0.354 e. The molecule has 0 saturated carbocycles. The molecule has 0 aliphatic carbocycles. The molecule has 0 atom stereocenters. The van der Waals surface area contributed by atoms with Crippen molar-refractivity contribution >= 4 is 34.9 Å². The summed E-state index contributed by atoms with van der Waals surface area (Å²) in [6.07, 6.45) is -0.592. The summed E-state index contributed by atoms with van der Waals surface area (Å²) >= 11 is 1.83. The number of halogens is 2. The molecular formula is C30H36F2N6S. The first kappa shape index (κ1) is 28.7. The predicted octanol–water partition coefficient (Wildman–Crippen LogP) is 6.40. The molecule has 206 valence electrons. The summed E-state index contributed by atoms with van der Waals surface area (Å²) in [7, 11) is 0. The quantitative estimate of drug-likeness (QED) is 0.274. The van der Waals surface area contributed by atoms with Gasteiger partial charge in [-0.1, -0.05) is 62.4 Å². The third-order valence-corrected chi connectivity index (χ3v) is 7.57. The van der Waals surface area contributed by atoms with Crippen LogP contribution in [-0.2, 0) is 6.54 Å². The van der Waals surface area contributed by atoms with Gasteiger partial charge >= 0.3 is 0 Å². The Morgan fingerprint density at radius 3 is 2.23 bits per heavy atom. The Labute approximate surface area is 234 Å². The molecule has 6 nitrogen and oxygen atoms in total. The Morgan fingerprint density at radius 2 is 1.59 bits per heavy atom. The van der Waals surface area contributed by atoms with Gasteiger partial charge in [0.2, 0.25) is 0 Å². The number of rotatable bonds is 10. The monoisotopic (exact) mass is 550 g/mol. The van der Waals surface area contributed by atoms with Crippen molar-refractivity contribution in [1.82, 2.24) is 9.88 Å². The van der Waals surface area contributed by atoms with Gasteiger partial charge in [0, 0.05) is 56.8 Å². The molecule has 1 aromatic heterocycles. The lowest BCUT2D eigenvalue weighted by Gasteiger charge is -2.35. The summed E-state index contributed by atoms with van der Waals surface area (Å²) < 4.78 is 28.1. The molecular weight excluding hydrogens is 514 g/mol. The van der Waals surface area contributed by atoms with Crippen LogP contribution in [0.2, 0.25) is 0 Å². The third-order valence-electron chi connectivity index (χ3n) is 6.56. The van der Waals surface area contributed by atoms with Crippen molar-refractivity contribution in [2.24, 2.45) is 10.2 Å². The van der Waals surface area contributed by atoms with E-state index in [2.05, 4.69) is 59.6 Å². The van der Waals surface area contributed by atoms with Crippen LogP contribution in [0.1, 0.15) is 31.4 Å². The summed E-state index contributed by atoms with van der Waals surface area (Å²) in [4.78, 5) is 9.34. The predicted molar refractivity (Wildman–Crippen MR) is 160 cm³/mol. The van der Waals surface area contributed by atoms with Crippen LogP contribution in [-0.4, -0.2) is 66.2 Å². The Hall–Kier alpha value is -3.30. The van der Waals surface area contributed by atoms with Crippen molar-refractivity contribution in [2.75, 3.05) is 47.7 Å². The van der Waals surface area contributed by atoms with E-state index in [-0.39, 0.29) is 12.1 Å².